The topological polar surface area (TPSA) is 29.3 Å². The molecule has 1 saturated carbocycles. The number of hydrogen-bond acceptors (Lipinski definition) is 2. The molecule has 1 aliphatic carbocycles. The molecule has 2 aliphatic rings. The third-order valence-corrected chi connectivity index (χ3v) is 4.60. The maximum absolute atomic E-state index is 13.6. The van der Waals surface area contributed by atoms with E-state index in [0.717, 1.165) is 31.5 Å². The number of rotatable bonds is 3. The molecule has 0 amide bonds. The minimum absolute atomic E-state index is 0.0278. The number of anilines is 1. The van der Waals surface area contributed by atoms with Crippen LogP contribution in [-0.4, -0.2) is 19.1 Å². The van der Waals surface area contributed by atoms with Gasteiger partial charge in [0.15, 0.2) is 0 Å². The van der Waals surface area contributed by atoms with Gasteiger partial charge in [0.05, 0.1) is 0 Å². The average Bonchev–Trinajstić information content (AvgIpc) is 2.99. The fourth-order valence-corrected chi connectivity index (χ4v) is 3.25. The lowest BCUT2D eigenvalue weighted by Gasteiger charge is -2.28. The van der Waals surface area contributed by atoms with E-state index in [-0.39, 0.29) is 17.3 Å². The van der Waals surface area contributed by atoms with Gasteiger partial charge in [-0.05, 0) is 56.4 Å². The van der Waals surface area contributed by atoms with Gasteiger partial charge < -0.3 is 10.6 Å². The minimum Gasteiger partial charge on any atom is -0.371 e. The van der Waals surface area contributed by atoms with Gasteiger partial charge in [0.1, 0.15) is 5.82 Å². The molecule has 0 spiro atoms. The first-order valence-corrected chi connectivity index (χ1v) is 6.94. The standard InChI is InChI=1S/C15H21FN2/c1-11(17)15(6-7-15)13-10-12(16)4-5-14(13)18-8-2-3-9-18/h4-5,10-11H,2-3,6-9,17H2,1H3. The summed E-state index contributed by atoms with van der Waals surface area (Å²) in [7, 11) is 0. The van der Waals surface area contributed by atoms with Gasteiger partial charge in [0, 0.05) is 30.2 Å². The van der Waals surface area contributed by atoms with Gasteiger partial charge in [0.25, 0.3) is 0 Å². The van der Waals surface area contributed by atoms with Crippen molar-refractivity contribution in [2.24, 2.45) is 5.73 Å². The normalized spacial score (nSPS) is 23.2. The van der Waals surface area contributed by atoms with Crippen LogP contribution in [-0.2, 0) is 5.41 Å². The summed E-state index contributed by atoms with van der Waals surface area (Å²) in [6.45, 7) is 4.23. The highest BCUT2D eigenvalue weighted by atomic mass is 19.1. The van der Waals surface area contributed by atoms with Gasteiger partial charge in [-0.25, -0.2) is 4.39 Å². The Bertz CT molecular complexity index is 446. The molecule has 1 aromatic rings. The molecule has 1 saturated heterocycles. The van der Waals surface area contributed by atoms with Crippen LogP contribution < -0.4 is 10.6 Å². The van der Waals surface area contributed by atoms with Gasteiger partial charge in [-0.1, -0.05) is 0 Å². The smallest absolute Gasteiger partial charge is 0.123 e. The Kier molecular flexibility index (Phi) is 2.81. The van der Waals surface area contributed by atoms with Crippen molar-refractivity contribution in [3.63, 3.8) is 0 Å². The fraction of sp³-hybridized carbons (Fsp3) is 0.600. The van der Waals surface area contributed by atoms with Crippen LogP contribution in [0.2, 0.25) is 0 Å². The summed E-state index contributed by atoms with van der Waals surface area (Å²) in [6.07, 6.45) is 4.66. The van der Waals surface area contributed by atoms with Crippen LogP contribution in [0.25, 0.3) is 0 Å². The highest BCUT2D eigenvalue weighted by Crippen LogP contribution is 2.53. The number of halogens is 1. The van der Waals surface area contributed by atoms with Crippen molar-refractivity contribution in [1.82, 2.24) is 0 Å². The molecular formula is C15H21FN2. The second-order valence-electron chi connectivity index (χ2n) is 5.80. The van der Waals surface area contributed by atoms with Crippen molar-refractivity contribution in [3.05, 3.63) is 29.6 Å². The second kappa shape index (κ2) is 4.23. The van der Waals surface area contributed by atoms with Crippen LogP contribution >= 0.6 is 0 Å². The zero-order chi connectivity index (χ0) is 12.8. The Labute approximate surface area is 108 Å². The zero-order valence-corrected chi connectivity index (χ0v) is 11.0. The molecule has 1 atom stereocenters. The van der Waals surface area contributed by atoms with Crippen LogP contribution in [0.3, 0.4) is 0 Å². The van der Waals surface area contributed by atoms with E-state index in [9.17, 15) is 4.39 Å². The zero-order valence-electron chi connectivity index (χ0n) is 11.0. The lowest BCUT2D eigenvalue weighted by molar-refractivity contribution is 0.547. The maximum atomic E-state index is 13.6. The molecule has 98 valence electrons. The van der Waals surface area contributed by atoms with Gasteiger partial charge >= 0.3 is 0 Å². The summed E-state index contributed by atoms with van der Waals surface area (Å²) < 4.78 is 13.6. The van der Waals surface area contributed by atoms with Crippen molar-refractivity contribution >= 4 is 5.69 Å². The van der Waals surface area contributed by atoms with Gasteiger partial charge in [0.2, 0.25) is 0 Å². The Morgan fingerprint density at radius 3 is 2.50 bits per heavy atom. The number of nitrogens with zero attached hydrogens (tertiary/aromatic N) is 1. The Balaban J connectivity index is 2.03. The first-order chi connectivity index (χ1) is 8.63. The fourth-order valence-electron chi connectivity index (χ4n) is 3.25. The van der Waals surface area contributed by atoms with E-state index in [0.29, 0.717) is 0 Å². The largest absolute Gasteiger partial charge is 0.371 e. The molecule has 0 radical (unpaired) electrons. The highest BCUT2D eigenvalue weighted by Gasteiger charge is 2.49. The molecule has 0 bridgehead atoms. The number of nitrogens with two attached hydrogens (primary N) is 1. The quantitative estimate of drug-likeness (QED) is 0.891. The Hall–Kier alpha value is -1.09. The summed E-state index contributed by atoms with van der Waals surface area (Å²) in [5.41, 5.74) is 8.52. The van der Waals surface area contributed by atoms with Gasteiger partial charge in [-0.3, -0.25) is 0 Å². The van der Waals surface area contributed by atoms with E-state index in [4.69, 9.17) is 5.73 Å². The van der Waals surface area contributed by atoms with Crippen LogP contribution in [0.4, 0.5) is 10.1 Å². The summed E-state index contributed by atoms with van der Waals surface area (Å²) in [5.74, 6) is -0.139. The predicted molar refractivity (Wildman–Crippen MR) is 72.4 cm³/mol. The lowest BCUT2D eigenvalue weighted by Crippen LogP contribution is -2.33. The highest BCUT2D eigenvalue weighted by molar-refractivity contribution is 5.60. The molecule has 0 aromatic heterocycles. The SMILES string of the molecule is CC(N)C1(c2cc(F)ccc2N2CCCC2)CC1. The molecule has 1 heterocycles. The summed E-state index contributed by atoms with van der Waals surface area (Å²) in [6, 6.07) is 5.33. The first-order valence-electron chi connectivity index (χ1n) is 6.94. The van der Waals surface area contributed by atoms with E-state index in [1.807, 2.05) is 13.0 Å². The van der Waals surface area contributed by atoms with E-state index < -0.39 is 0 Å². The minimum atomic E-state index is -0.139. The average molecular weight is 248 g/mol. The van der Waals surface area contributed by atoms with Crippen molar-refractivity contribution in [2.45, 2.75) is 44.1 Å². The van der Waals surface area contributed by atoms with E-state index in [1.165, 1.54) is 18.5 Å². The number of benzene rings is 1. The van der Waals surface area contributed by atoms with Gasteiger partial charge in [-0.15, -0.1) is 0 Å². The van der Waals surface area contributed by atoms with Crippen LogP contribution in [0, 0.1) is 5.82 Å². The molecule has 3 rings (SSSR count). The van der Waals surface area contributed by atoms with E-state index >= 15 is 0 Å². The molecule has 1 aliphatic heterocycles. The molecule has 3 heteroatoms. The van der Waals surface area contributed by atoms with Crippen molar-refractivity contribution in [2.75, 3.05) is 18.0 Å². The number of hydrogen-bond donors (Lipinski definition) is 1. The molecule has 1 aromatic carbocycles. The van der Waals surface area contributed by atoms with Crippen molar-refractivity contribution in [3.8, 4) is 0 Å². The third kappa shape index (κ3) is 1.81. The second-order valence-corrected chi connectivity index (χ2v) is 5.80. The van der Waals surface area contributed by atoms with E-state index in [1.54, 1.807) is 12.1 Å². The molecule has 2 nitrogen and oxygen atoms in total. The summed E-state index contributed by atoms with van der Waals surface area (Å²) in [4.78, 5) is 2.39. The lowest BCUT2D eigenvalue weighted by atomic mass is 9.87. The summed E-state index contributed by atoms with van der Waals surface area (Å²) >= 11 is 0. The van der Waals surface area contributed by atoms with Crippen LogP contribution in [0.15, 0.2) is 18.2 Å². The third-order valence-electron chi connectivity index (χ3n) is 4.60. The molecule has 2 fully saturated rings. The molecule has 2 N–H and O–H groups in total. The Morgan fingerprint density at radius 2 is 1.94 bits per heavy atom. The Morgan fingerprint density at radius 1 is 1.28 bits per heavy atom. The van der Waals surface area contributed by atoms with E-state index in [2.05, 4.69) is 4.90 Å². The van der Waals surface area contributed by atoms with Crippen LogP contribution in [0.1, 0.15) is 38.2 Å². The molecule has 18 heavy (non-hydrogen) atoms. The van der Waals surface area contributed by atoms with Crippen molar-refractivity contribution < 1.29 is 4.39 Å². The first kappa shape index (κ1) is 12.0. The maximum Gasteiger partial charge on any atom is 0.123 e. The van der Waals surface area contributed by atoms with Crippen LogP contribution in [0.5, 0.6) is 0 Å². The van der Waals surface area contributed by atoms with Gasteiger partial charge in [-0.2, -0.15) is 0 Å². The predicted octanol–water partition coefficient (Wildman–Crippen LogP) is 2.80. The monoisotopic (exact) mass is 248 g/mol. The van der Waals surface area contributed by atoms with Crippen molar-refractivity contribution in [1.29, 1.82) is 0 Å². The summed E-state index contributed by atoms with van der Waals surface area (Å²) in [5, 5.41) is 0. The molecule has 1 unspecified atom stereocenters. The molecular weight excluding hydrogens is 227 g/mol.